The molecular weight excluding hydrogens is 546 g/mol. The molecule has 2 aliphatic rings. The van der Waals surface area contributed by atoms with Crippen molar-refractivity contribution in [2.75, 3.05) is 38.9 Å². The zero-order valence-corrected chi connectivity index (χ0v) is 27.1. The van der Waals surface area contributed by atoms with Gasteiger partial charge in [0.25, 0.3) is 0 Å². The fourth-order valence-electron chi connectivity index (χ4n) is 6.91. The summed E-state index contributed by atoms with van der Waals surface area (Å²) in [5.41, 5.74) is 5.92. The van der Waals surface area contributed by atoms with E-state index < -0.39 is 5.60 Å². The summed E-state index contributed by atoms with van der Waals surface area (Å²) < 4.78 is 12.4. The summed E-state index contributed by atoms with van der Waals surface area (Å²) in [6.45, 7) is 9.50. The molecule has 3 aromatic rings. The first-order chi connectivity index (χ1) is 19.8. The van der Waals surface area contributed by atoms with Crippen molar-refractivity contribution in [1.29, 1.82) is 0 Å². The molecule has 1 saturated heterocycles. The van der Waals surface area contributed by atoms with Gasteiger partial charge in [-0.15, -0.1) is 0 Å². The summed E-state index contributed by atoms with van der Waals surface area (Å²) in [6.07, 6.45) is 8.55. The Morgan fingerprint density at radius 1 is 1.10 bits per heavy atom. The van der Waals surface area contributed by atoms with Crippen molar-refractivity contribution in [3.05, 3.63) is 64.8 Å². The number of likely N-dealkylation sites (tertiary alicyclic amines) is 1. The van der Waals surface area contributed by atoms with Crippen molar-refractivity contribution < 1.29 is 19.1 Å². The molecule has 5 rings (SSSR count). The first-order valence-electron chi connectivity index (χ1n) is 14.8. The SMILES string of the molecule is COC(=O)c1ccc([C@@H]2CC3(CCN2Cc2c(N(C)C)cc(C)c4c2ccn4C(=O)OC(C)(C)C)CC(SC)C3)cc1. The molecule has 0 radical (unpaired) electrons. The highest BCUT2D eigenvalue weighted by atomic mass is 32.2. The summed E-state index contributed by atoms with van der Waals surface area (Å²) >= 11 is 1.99. The fourth-order valence-corrected chi connectivity index (χ4v) is 7.95. The number of methoxy groups -OCH3 is 1. The number of ether oxygens (including phenoxy) is 2. The van der Waals surface area contributed by atoms with Crippen LogP contribution >= 0.6 is 11.8 Å². The van der Waals surface area contributed by atoms with E-state index in [9.17, 15) is 9.59 Å². The lowest BCUT2D eigenvalue weighted by atomic mass is 9.60. The molecule has 0 amide bonds. The zero-order chi connectivity index (χ0) is 30.4. The number of nitrogens with zero attached hydrogens (tertiary/aromatic N) is 3. The number of carbonyl (C=O) groups excluding carboxylic acids is 2. The van der Waals surface area contributed by atoms with Gasteiger partial charge in [0.05, 0.1) is 18.2 Å². The molecule has 0 unspecified atom stereocenters. The van der Waals surface area contributed by atoms with E-state index in [2.05, 4.69) is 61.3 Å². The molecule has 1 atom stereocenters. The number of benzene rings is 2. The molecular formula is C34H45N3O4S. The van der Waals surface area contributed by atoms with Gasteiger partial charge in [0.1, 0.15) is 5.60 Å². The molecule has 226 valence electrons. The Morgan fingerprint density at radius 2 is 1.79 bits per heavy atom. The van der Waals surface area contributed by atoms with Gasteiger partial charge in [-0.25, -0.2) is 9.59 Å². The summed E-state index contributed by atoms with van der Waals surface area (Å²) in [4.78, 5) is 30.1. The second-order valence-electron chi connectivity index (χ2n) is 13.3. The van der Waals surface area contributed by atoms with E-state index in [1.165, 1.54) is 37.5 Å². The lowest BCUT2D eigenvalue weighted by Gasteiger charge is -2.55. The highest BCUT2D eigenvalue weighted by Crippen LogP contribution is 2.57. The van der Waals surface area contributed by atoms with Gasteiger partial charge >= 0.3 is 12.1 Å². The van der Waals surface area contributed by atoms with Crippen molar-refractivity contribution in [2.24, 2.45) is 5.41 Å². The van der Waals surface area contributed by atoms with Gasteiger partial charge in [0.2, 0.25) is 0 Å². The minimum absolute atomic E-state index is 0.229. The standard InChI is InChI=1S/C34H45N3O4S/c1-22-17-28(35(5)6)27(26-13-15-37(30(22)26)32(39)41-33(2,3)4)21-36-16-14-34(18-25(19-34)42-8)20-29(36)23-9-11-24(12-10-23)31(38)40-7/h9-13,15,17,25,29H,14,16,18-21H2,1-8H3/t25?,29-,34?/m0/s1. The Morgan fingerprint density at radius 3 is 2.38 bits per heavy atom. The molecule has 1 aliphatic carbocycles. The van der Waals surface area contributed by atoms with Crippen LogP contribution in [-0.2, 0) is 16.0 Å². The molecule has 0 bridgehead atoms. The van der Waals surface area contributed by atoms with Gasteiger partial charge < -0.3 is 14.4 Å². The Bertz CT molecular complexity index is 1460. The number of hydrogen-bond acceptors (Lipinski definition) is 7. The predicted octanol–water partition coefficient (Wildman–Crippen LogP) is 7.43. The number of esters is 1. The van der Waals surface area contributed by atoms with Crippen molar-refractivity contribution in [2.45, 2.75) is 76.8 Å². The number of piperidine rings is 1. The maximum Gasteiger partial charge on any atom is 0.419 e. The van der Waals surface area contributed by atoms with E-state index in [1.807, 2.05) is 50.9 Å². The largest absolute Gasteiger partial charge is 0.465 e. The average molecular weight is 592 g/mol. The summed E-state index contributed by atoms with van der Waals surface area (Å²) in [5, 5.41) is 1.83. The average Bonchev–Trinajstić information content (AvgIpc) is 3.38. The molecule has 1 aromatic heterocycles. The van der Waals surface area contributed by atoms with Gasteiger partial charge in [0, 0.05) is 49.2 Å². The number of aromatic nitrogens is 1. The molecule has 42 heavy (non-hydrogen) atoms. The molecule has 2 fully saturated rings. The maximum absolute atomic E-state index is 13.2. The number of carbonyl (C=O) groups is 2. The third kappa shape index (κ3) is 5.93. The second-order valence-corrected chi connectivity index (χ2v) is 14.5. The monoisotopic (exact) mass is 591 g/mol. The van der Waals surface area contributed by atoms with Crippen LogP contribution in [-0.4, -0.2) is 66.4 Å². The van der Waals surface area contributed by atoms with E-state index in [0.717, 1.165) is 46.9 Å². The first-order valence-corrected chi connectivity index (χ1v) is 16.1. The number of aryl methyl sites for hydroxylation is 1. The predicted molar refractivity (Wildman–Crippen MR) is 172 cm³/mol. The maximum atomic E-state index is 13.2. The molecule has 0 N–H and O–H groups in total. The minimum atomic E-state index is -0.578. The molecule has 1 spiro atoms. The normalized spacial score (nSPS) is 22.7. The molecule has 7 nitrogen and oxygen atoms in total. The van der Waals surface area contributed by atoms with Crippen LogP contribution in [0.5, 0.6) is 0 Å². The van der Waals surface area contributed by atoms with Gasteiger partial charge in [-0.1, -0.05) is 12.1 Å². The summed E-state index contributed by atoms with van der Waals surface area (Å²) in [6, 6.07) is 12.5. The number of fused-ring (bicyclic) bond motifs is 1. The topological polar surface area (TPSA) is 64.0 Å². The van der Waals surface area contributed by atoms with E-state index in [4.69, 9.17) is 9.47 Å². The van der Waals surface area contributed by atoms with Crippen LogP contribution in [0.4, 0.5) is 10.5 Å². The lowest BCUT2D eigenvalue weighted by Crippen LogP contribution is -2.49. The summed E-state index contributed by atoms with van der Waals surface area (Å²) in [7, 11) is 5.59. The van der Waals surface area contributed by atoms with Gasteiger partial charge in [0.15, 0.2) is 0 Å². The first kappa shape index (κ1) is 30.5. The number of rotatable bonds is 6. The van der Waals surface area contributed by atoms with E-state index in [0.29, 0.717) is 11.0 Å². The van der Waals surface area contributed by atoms with E-state index >= 15 is 0 Å². The van der Waals surface area contributed by atoms with Crippen molar-refractivity contribution >= 4 is 40.4 Å². The molecule has 1 aliphatic heterocycles. The Balaban J connectivity index is 1.54. The van der Waals surface area contributed by atoms with Crippen LogP contribution in [0.3, 0.4) is 0 Å². The zero-order valence-electron chi connectivity index (χ0n) is 26.3. The van der Waals surface area contributed by atoms with Crippen LogP contribution < -0.4 is 4.90 Å². The van der Waals surface area contributed by atoms with Gasteiger partial charge in [-0.05, 0) is 113 Å². The Hall–Kier alpha value is -2.97. The molecule has 8 heteroatoms. The minimum Gasteiger partial charge on any atom is -0.465 e. The number of hydrogen-bond donors (Lipinski definition) is 0. The molecule has 2 heterocycles. The van der Waals surface area contributed by atoms with Crippen molar-refractivity contribution in [1.82, 2.24) is 9.47 Å². The van der Waals surface area contributed by atoms with Crippen LogP contribution in [0, 0.1) is 12.3 Å². The van der Waals surface area contributed by atoms with Crippen LogP contribution in [0.25, 0.3) is 10.9 Å². The third-order valence-electron chi connectivity index (χ3n) is 9.05. The van der Waals surface area contributed by atoms with Crippen molar-refractivity contribution in [3.8, 4) is 0 Å². The van der Waals surface area contributed by atoms with E-state index in [-0.39, 0.29) is 18.1 Å². The lowest BCUT2D eigenvalue weighted by molar-refractivity contribution is -0.00538. The van der Waals surface area contributed by atoms with Crippen LogP contribution in [0.1, 0.15) is 79.5 Å². The Labute approximate surface area is 254 Å². The number of thioether (sulfide) groups is 1. The van der Waals surface area contributed by atoms with E-state index in [1.54, 1.807) is 4.57 Å². The highest BCUT2D eigenvalue weighted by Gasteiger charge is 2.48. The fraction of sp³-hybridized carbons (Fsp3) is 0.529. The van der Waals surface area contributed by atoms with Crippen molar-refractivity contribution in [3.63, 3.8) is 0 Å². The molecule has 1 saturated carbocycles. The summed E-state index contributed by atoms with van der Waals surface area (Å²) in [5.74, 6) is -0.313. The van der Waals surface area contributed by atoms with Gasteiger partial charge in [-0.3, -0.25) is 9.47 Å². The number of anilines is 1. The van der Waals surface area contributed by atoms with Crippen LogP contribution in [0.2, 0.25) is 0 Å². The quantitative estimate of drug-likeness (QED) is 0.276. The highest BCUT2D eigenvalue weighted by molar-refractivity contribution is 7.99. The molecule has 2 aromatic carbocycles. The Kier molecular flexibility index (Phi) is 8.42. The smallest absolute Gasteiger partial charge is 0.419 e. The second kappa shape index (κ2) is 11.6. The van der Waals surface area contributed by atoms with Gasteiger partial charge in [-0.2, -0.15) is 11.8 Å². The van der Waals surface area contributed by atoms with Crippen LogP contribution in [0.15, 0.2) is 42.6 Å². The third-order valence-corrected chi connectivity index (χ3v) is 10.0.